The first-order valence-corrected chi connectivity index (χ1v) is 10.1. The van der Waals surface area contributed by atoms with Gasteiger partial charge < -0.3 is 15.0 Å². The fourth-order valence-corrected chi connectivity index (χ4v) is 4.31. The maximum Gasteiger partial charge on any atom is 0.154 e. The molecule has 0 aromatic carbocycles. The minimum Gasteiger partial charge on any atom is -0.393 e. The highest BCUT2D eigenvalue weighted by Gasteiger charge is 2.28. The molecule has 5 rings (SSSR count). The number of aliphatic hydroxyl groups is 1. The molecule has 2 N–H and O–H groups in total. The second kappa shape index (κ2) is 6.68. The Bertz CT molecular complexity index is 1140. The van der Waals surface area contributed by atoms with Gasteiger partial charge in [0.15, 0.2) is 5.82 Å². The molecule has 28 heavy (non-hydrogen) atoms. The molecule has 0 aliphatic heterocycles. The van der Waals surface area contributed by atoms with E-state index in [1.54, 1.807) is 4.68 Å². The van der Waals surface area contributed by atoms with Gasteiger partial charge in [-0.15, -0.1) is 0 Å². The number of rotatable bonds is 5. The number of aliphatic hydroxyl groups excluding tert-OH is 1. The highest BCUT2D eigenvalue weighted by Crippen LogP contribution is 2.30. The van der Waals surface area contributed by atoms with E-state index in [1.807, 2.05) is 38.6 Å². The molecular formula is C19H21N7OS. The molecule has 0 spiro atoms. The van der Waals surface area contributed by atoms with Crippen molar-refractivity contribution in [2.24, 2.45) is 7.05 Å². The Kier molecular flexibility index (Phi) is 4.13. The van der Waals surface area contributed by atoms with Gasteiger partial charge >= 0.3 is 0 Å². The maximum absolute atomic E-state index is 9.66. The van der Waals surface area contributed by atoms with Crippen LogP contribution in [-0.4, -0.2) is 45.9 Å². The second-order valence-electron chi connectivity index (χ2n) is 7.36. The smallest absolute Gasteiger partial charge is 0.154 e. The van der Waals surface area contributed by atoms with Crippen molar-refractivity contribution in [2.75, 3.05) is 5.32 Å². The Balaban J connectivity index is 1.58. The Morgan fingerprint density at radius 2 is 2.18 bits per heavy atom. The summed E-state index contributed by atoms with van der Waals surface area (Å²) in [5, 5.41) is 17.5. The van der Waals surface area contributed by atoms with Crippen LogP contribution >= 0.6 is 11.5 Å². The van der Waals surface area contributed by atoms with Crippen molar-refractivity contribution in [3.63, 3.8) is 0 Å². The Labute approximate surface area is 166 Å². The monoisotopic (exact) mass is 395 g/mol. The van der Waals surface area contributed by atoms with E-state index < -0.39 is 0 Å². The number of fused-ring (bicyclic) bond motifs is 1. The molecule has 1 aliphatic rings. The van der Waals surface area contributed by atoms with Crippen LogP contribution in [0, 0.1) is 6.92 Å². The van der Waals surface area contributed by atoms with Gasteiger partial charge in [0.1, 0.15) is 11.3 Å². The van der Waals surface area contributed by atoms with Crippen LogP contribution in [0.2, 0.25) is 0 Å². The fraction of sp³-hybridized carbons (Fsp3) is 0.368. The lowest BCUT2D eigenvalue weighted by molar-refractivity contribution is 0.0835. The molecule has 0 amide bonds. The van der Waals surface area contributed by atoms with Crippen LogP contribution in [0.5, 0.6) is 0 Å². The third kappa shape index (κ3) is 3.16. The number of hydrogen-bond donors (Lipinski definition) is 2. The van der Waals surface area contributed by atoms with E-state index in [-0.39, 0.29) is 12.1 Å². The van der Waals surface area contributed by atoms with Gasteiger partial charge in [-0.1, -0.05) is 0 Å². The zero-order valence-corrected chi connectivity index (χ0v) is 16.5. The van der Waals surface area contributed by atoms with E-state index in [1.165, 1.54) is 11.5 Å². The summed E-state index contributed by atoms with van der Waals surface area (Å²) in [4.78, 5) is 10.8. The number of hydrogen-bond acceptors (Lipinski definition) is 7. The third-order valence-corrected chi connectivity index (χ3v) is 5.89. The van der Waals surface area contributed by atoms with E-state index in [0.717, 1.165) is 51.8 Å². The first kappa shape index (κ1) is 17.3. The van der Waals surface area contributed by atoms with Gasteiger partial charge in [0, 0.05) is 36.8 Å². The molecule has 0 bridgehead atoms. The molecule has 1 saturated carbocycles. The summed E-state index contributed by atoms with van der Waals surface area (Å²) in [5.41, 5.74) is 3.80. The largest absolute Gasteiger partial charge is 0.393 e. The van der Waals surface area contributed by atoms with Crippen LogP contribution < -0.4 is 5.32 Å². The summed E-state index contributed by atoms with van der Waals surface area (Å²) >= 11 is 1.49. The minimum absolute atomic E-state index is 0.223. The fourth-order valence-electron chi connectivity index (χ4n) is 3.58. The van der Waals surface area contributed by atoms with Crippen LogP contribution in [0.15, 0.2) is 30.7 Å². The van der Waals surface area contributed by atoms with Crippen LogP contribution in [-0.2, 0) is 13.5 Å². The lowest BCUT2D eigenvalue weighted by Crippen LogP contribution is -2.39. The van der Waals surface area contributed by atoms with Gasteiger partial charge in [0.2, 0.25) is 0 Å². The molecule has 0 unspecified atom stereocenters. The van der Waals surface area contributed by atoms with E-state index in [9.17, 15) is 5.11 Å². The Hall–Kier alpha value is -2.78. The van der Waals surface area contributed by atoms with Crippen molar-refractivity contribution >= 4 is 28.4 Å². The SMILES string of the molecule is Cc1cc(Cc2nc(NC3CC(O)C3)c3c(ccn3-c3cnn(C)c3)n2)sn1. The van der Waals surface area contributed by atoms with Crippen molar-refractivity contribution in [3.8, 4) is 5.69 Å². The van der Waals surface area contributed by atoms with Gasteiger partial charge in [-0.3, -0.25) is 4.68 Å². The molecule has 144 valence electrons. The summed E-state index contributed by atoms with van der Waals surface area (Å²) < 4.78 is 8.18. The van der Waals surface area contributed by atoms with Crippen molar-refractivity contribution < 1.29 is 5.11 Å². The highest BCUT2D eigenvalue weighted by molar-refractivity contribution is 7.05. The number of nitrogens with zero attached hydrogens (tertiary/aromatic N) is 6. The predicted octanol–water partition coefficient (Wildman–Crippen LogP) is 2.44. The summed E-state index contributed by atoms with van der Waals surface area (Å²) in [6.45, 7) is 1.99. The van der Waals surface area contributed by atoms with Crippen LogP contribution in [0.3, 0.4) is 0 Å². The Morgan fingerprint density at radius 3 is 2.86 bits per heavy atom. The molecule has 9 heteroatoms. The van der Waals surface area contributed by atoms with Crippen molar-refractivity contribution in [3.05, 3.63) is 47.1 Å². The lowest BCUT2D eigenvalue weighted by atomic mass is 9.89. The molecule has 1 fully saturated rings. The highest BCUT2D eigenvalue weighted by atomic mass is 32.1. The Morgan fingerprint density at radius 1 is 1.32 bits per heavy atom. The maximum atomic E-state index is 9.66. The average Bonchev–Trinajstić information content (AvgIpc) is 3.33. The zero-order valence-electron chi connectivity index (χ0n) is 15.7. The first-order valence-electron chi connectivity index (χ1n) is 9.29. The van der Waals surface area contributed by atoms with Crippen molar-refractivity contribution in [2.45, 2.75) is 38.3 Å². The molecule has 4 aromatic rings. The van der Waals surface area contributed by atoms with Gasteiger partial charge in [-0.05, 0) is 43.4 Å². The molecule has 1 aliphatic carbocycles. The summed E-state index contributed by atoms with van der Waals surface area (Å²) in [6, 6.07) is 4.31. The zero-order chi connectivity index (χ0) is 19.3. The van der Waals surface area contributed by atoms with Gasteiger partial charge in [0.05, 0.1) is 29.2 Å². The molecule has 0 saturated heterocycles. The summed E-state index contributed by atoms with van der Waals surface area (Å²) in [6.07, 6.45) is 7.69. The number of nitrogens with one attached hydrogen (secondary N) is 1. The number of aromatic nitrogens is 6. The molecule has 0 atom stereocenters. The molecule has 4 heterocycles. The number of aryl methyl sites for hydroxylation is 2. The van der Waals surface area contributed by atoms with Gasteiger partial charge in [-0.2, -0.15) is 9.47 Å². The normalized spacial score (nSPS) is 19.1. The van der Waals surface area contributed by atoms with Crippen LogP contribution in [0.25, 0.3) is 16.7 Å². The molecular weight excluding hydrogens is 374 g/mol. The molecule has 4 aromatic heterocycles. The average molecular weight is 395 g/mol. The van der Waals surface area contributed by atoms with Gasteiger partial charge in [-0.25, -0.2) is 9.97 Å². The summed E-state index contributed by atoms with van der Waals surface area (Å²) in [7, 11) is 1.90. The predicted molar refractivity (Wildman–Crippen MR) is 108 cm³/mol. The minimum atomic E-state index is -0.223. The first-order chi connectivity index (χ1) is 13.5. The lowest BCUT2D eigenvalue weighted by Gasteiger charge is -2.32. The molecule has 8 nitrogen and oxygen atoms in total. The second-order valence-corrected chi connectivity index (χ2v) is 8.25. The van der Waals surface area contributed by atoms with E-state index in [2.05, 4.69) is 25.4 Å². The van der Waals surface area contributed by atoms with E-state index >= 15 is 0 Å². The summed E-state index contributed by atoms with van der Waals surface area (Å²) in [5.74, 6) is 1.56. The topological polar surface area (TPSA) is 93.7 Å². The van der Waals surface area contributed by atoms with E-state index in [4.69, 9.17) is 9.97 Å². The molecule has 0 radical (unpaired) electrons. The number of anilines is 1. The van der Waals surface area contributed by atoms with Crippen LogP contribution in [0.1, 0.15) is 29.2 Å². The quantitative estimate of drug-likeness (QED) is 0.539. The van der Waals surface area contributed by atoms with Gasteiger partial charge in [0.25, 0.3) is 0 Å². The standard InChI is InChI=1S/C19H21N7OS/c1-11-5-15(28-24-11)8-17-22-16-3-4-26(13-9-20-25(2)10-13)18(16)19(23-17)21-12-6-14(27)7-12/h3-5,9-10,12,14,27H,6-8H2,1-2H3,(H,21,22,23). The van der Waals surface area contributed by atoms with E-state index in [0.29, 0.717) is 6.42 Å². The third-order valence-electron chi connectivity index (χ3n) is 5.01. The van der Waals surface area contributed by atoms with Crippen molar-refractivity contribution in [1.29, 1.82) is 0 Å². The van der Waals surface area contributed by atoms with Crippen LogP contribution in [0.4, 0.5) is 5.82 Å². The van der Waals surface area contributed by atoms with Crippen molar-refractivity contribution in [1.82, 2.24) is 28.7 Å².